The molecule has 0 spiro atoms. The summed E-state index contributed by atoms with van der Waals surface area (Å²) in [7, 11) is 0. The first-order valence-corrected chi connectivity index (χ1v) is 6.55. The second-order valence-electron chi connectivity index (χ2n) is 5.76. The van der Waals surface area contributed by atoms with Crippen LogP contribution in [0.25, 0.3) is 0 Å². The van der Waals surface area contributed by atoms with E-state index in [-0.39, 0.29) is 6.54 Å². The van der Waals surface area contributed by atoms with E-state index >= 15 is 0 Å². The lowest BCUT2D eigenvalue weighted by Crippen LogP contribution is -2.39. The molecule has 0 aliphatic heterocycles. The standard InChI is InChI=1S/C14H21FN2O4/c1-8-5-11(15)16-6-9(8)12(19)10(18)7-17-13(20)21-14(2,3)4/h5-6,10,12,18-19H,7H2,1-4H3,(H,17,20). The molecule has 1 heterocycles. The molecule has 118 valence electrons. The lowest BCUT2D eigenvalue weighted by molar-refractivity contribution is 0.0124. The number of carbonyl (C=O) groups is 1. The van der Waals surface area contributed by atoms with Crippen LogP contribution < -0.4 is 5.32 Å². The second kappa shape index (κ2) is 6.82. The summed E-state index contributed by atoms with van der Waals surface area (Å²) in [6.07, 6.45) is -2.08. The van der Waals surface area contributed by atoms with Gasteiger partial charge in [0.05, 0.1) is 0 Å². The van der Waals surface area contributed by atoms with E-state index in [1.165, 1.54) is 0 Å². The van der Waals surface area contributed by atoms with Crippen LogP contribution in [0, 0.1) is 12.9 Å². The molecule has 0 aliphatic rings. The van der Waals surface area contributed by atoms with Gasteiger partial charge in [0.15, 0.2) is 0 Å². The third-order valence-electron chi connectivity index (χ3n) is 2.66. The maximum absolute atomic E-state index is 12.9. The number of aromatic nitrogens is 1. The van der Waals surface area contributed by atoms with Crippen molar-refractivity contribution < 1.29 is 24.1 Å². The molecular weight excluding hydrogens is 279 g/mol. The largest absolute Gasteiger partial charge is 0.444 e. The Morgan fingerprint density at radius 1 is 1.48 bits per heavy atom. The molecule has 3 N–H and O–H groups in total. The minimum Gasteiger partial charge on any atom is -0.444 e. The van der Waals surface area contributed by atoms with Gasteiger partial charge in [0.2, 0.25) is 5.95 Å². The Balaban J connectivity index is 2.59. The van der Waals surface area contributed by atoms with E-state index in [1.807, 2.05) is 0 Å². The smallest absolute Gasteiger partial charge is 0.407 e. The van der Waals surface area contributed by atoms with Crippen LogP contribution in [-0.4, -0.2) is 39.5 Å². The van der Waals surface area contributed by atoms with Crippen LogP contribution in [0.1, 0.15) is 38.0 Å². The molecule has 0 radical (unpaired) electrons. The molecule has 0 bridgehead atoms. The average Bonchev–Trinajstić information content (AvgIpc) is 2.33. The van der Waals surface area contributed by atoms with Gasteiger partial charge in [0, 0.05) is 18.3 Å². The zero-order valence-electron chi connectivity index (χ0n) is 12.6. The van der Waals surface area contributed by atoms with Crippen molar-refractivity contribution >= 4 is 6.09 Å². The van der Waals surface area contributed by atoms with Crippen molar-refractivity contribution in [3.05, 3.63) is 29.3 Å². The summed E-state index contributed by atoms with van der Waals surface area (Å²) in [5.41, 5.74) is 0.117. The molecule has 2 unspecified atom stereocenters. The number of aliphatic hydroxyl groups is 2. The van der Waals surface area contributed by atoms with E-state index in [0.717, 1.165) is 12.3 Å². The number of nitrogens with one attached hydrogen (secondary N) is 1. The Labute approximate surface area is 123 Å². The zero-order chi connectivity index (χ0) is 16.2. The number of alkyl carbamates (subject to hydrolysis) is 1. The normalized spacial score (nSPS) is 14.4. The summed E-state index contributed by atoms with van der Waals surface area (Å²) in [5.74, 6) is -0.662. The SMILES string of the molecule is Cc1cc(F)ncc1C(O)C(O)CNC(=O)OC(C)(C)C. The third kappa shape index (κ3) is 5.65. The van der Waals surface area contributed by atoms with Gasteiger partial charge in [-0.1, -0.05) is 0 Å². The van der Waals surface area contributed by atoms with E-state index < -0.39 is 29.8 Å². The number of pyridine rings is 1. The predicted octanol–water partition coefficient (Wildman–Crippen LogP) is 1.45. The Kier molecular flexibility index (Phi) is 5.62. The van der Waals surface area contributed by atoms with E-state index in [0.29, 0.717) is 11.1 Å². The van der Waals surface area contributed by atoms with E-state index in [9.17, 15) is 19.4 Å². The highest BCUT2D eigenvalue weighted by molar-refractivity contribution is 5.67. The molecule has 0 saturated carbocycles. The minimum absolute atomic E-state index is 0.201. The number of aliphatic hydroxyl groups excluding tert-OH is 2. The van der Waals surface area contributed by atoms with E-state index in [1.54, 1.807) is 27.7 Å². The highest BCUT2D eigenvalue weighted by atomic mass is 19.1. The fourth-order valence-electron chi connectivity index (χ4n) is 1.66. The van der Waals surface area contributed by atoms with Crippen molar-refractivity contribution in [2.24, 2.45) is 0 Å². The number of ether oxygens (including phenoxy) is 1. The predicted molar refractivity (Wildman–Crippen MR) is 74.1 cm³/mol. The maximum atomic E-state index is 12.9. The molecule has 1 rings (SSSR count). The summed E-state index contributed by atoms with van der Waals surface area (Å²) >= 11 is 0. The first-order chi connectivity index (χ1) is 9.60. The molecule has 7 heteroatoms. The molecule has 1 aromatic heterocycles. The number of hydrogen-bond acceptors (Lipinski definition) is 5. The Bertz CT molecular complexity index is 502. The van der Waals surface area contributed by atoms with Crippen LogP contribution in [0.3, 0.4) is 0 Å². The van der Waals surface area contributed by atoms with Crippen LogP contribution >= 0.6 is 0 Å². The third-order valence-corrected chi connectivity index (χ3v) is 2.66. The van der Waals surface area contributed by atoms with Gasteiger partial charge in [-0.3, -0.25) is 0 Å². The van der Waals surface area contributed by atoms with Crippen molar-refractivity contribution in [3.8, 4) is 0 Å². The lowest BCUT2D eigenvalue weighted by Gasteiger charge is -2.22. The molecule has 0 saturated heterocycles. The molecule has 0 aromatic carbocycles. The summed E-state index contributed by atoms with van der Waals surface area (Å²) in [6, 6.07) is 1.16. The molecule has 0 fully saturated rings. The Morgan fingerprint density at radius 3 is 2.62 bits per heavy atom. The zero-order valence-corrected chi connectivity index (χ0v) is 12.6. The fourth-order valence-corrected chi connectivity index (χ4v) is 1.66. The van der Waals surface area contributed by atoms with E-state index in [2.05, 4.69) is 10.3 Å². The lowest BCUT2D eigenvalue weighted by atomic mass is 10.0. The highest BCUT2D eigenvalue weighted by Crippen LogP contribution is 2.20. The molecule has 21 heavy (non-hydrogen) atoms. The van der Waals surface area contributed by atoms with Crippen molar-refractivity contribution in [2.45, 2.75) is 45.5 Å². The number of carbonyl (C=O) groups excluding carboxylic acids is 1. The van der Waals surface area contributed by atoms with Crippen LogP contribution in [0.15, 0.2) is 12.3 Å². The van der Waals surface area contributed by atoms with Gasteiger partial charge < -0.3 is 20.3 Å². The molecule has 6 nitrogen and oxygen atoms in total. The first-order valence-electron chi connectivity index (χ1n) is 6.55. The molecular formula is C14H21FN2O4. The minimum atomic E-state index is -1.28. The quantitative estimate of drug-likeness (QED) is 0.732. The van der Waals surface area contributed by atoms with Gasteiger partial charge in [-0.25, -0.2) is 9.78 Å². The average molecular weight is 300 g/mol. The summed E-state index contributed by atoms with van der Waals surface area (Å²) in [5, 5.41) is 22.2. The number of amides is 1. The van der Waals surface area contributed by atoms with Gasteiger partial charge in [0.25, 0.3) is 0 Å². The molecule has 1 amide bonds. The second-order valence-corrected chi connectivity index (χ2v) is 5.76. The monoisotopic (exact) mass is 300 g/mol. The topological polar surface area (TPSA) is 91.7 Å². The Morgan fingerprint density at radius 2 is 2.10 bits per heavy atom. The number of aryl methyl sites for hydroxylation is 1. The van der Waals surface area contributed by atoms with Crippen LogP contribution in [0.4, 0.5) is 9.18 Å². The number of halogens is 1. The van der Waals surface area contributed by atoms with Gasteiger partial charge in [-0.05, 0) is 39.3 Å². The Hall–Kier alpha value is -1.73. The number of rotatable bonds is 4. The molecule has 0 aliphatic carbocycles. The highest BCUT2D eigenvalue weighted by Gasteiger charge is 2.23. The van der Waals surface area contributed by atoms with Crippen LogP contribution in [0.5, 0.6) is 0 Å². The summed E-state index contributed by atoms with van der Waals surface area (Å²) in [6.45, 7) is 6.53. The van der Waals surface area contributed by atoms with Gasteiger partial charge >= 0.3 is 6.09 Å². The van der Waals surface area contributed by atoms with Crippen LogP contribution in [-0.2, 0) is 4.74 Å². The maximum Gasteiger partial charge on any atom is 0.407 e. The van der Waals surface area contributed by atoms with Crippen LogP contribution in [0.2, 0.25) is 0 Å². The van der Waals surface area contributed by atoms with Crippen molar-refractivity contribution in [2.75, 3.05) is 6.54 Å². The summed E-state index contributed by atoms with van der Waals surface area (Å²) in [4.78, 5) is 14.9. The van der Waals surface area contributed by atoms with Gasteiger partial charge in [-0.15, -0.1) is 0 Å². The van der Waals surface area contributed by atoms with E-state index in [4.69, 9.17) is 4.74 Å². The fraction of sp³-hybridized carbons (Fsp3) is 0.571. The van der Waals surface area contributed by atoms with Crippen molar-refractivity contribution in [1.29, 1.82) is 0 Å². The first kappa shape index (κ1) is 17.3. The summed E-state index contributed by atoms with van der Waals surface area (Å²) < 4.78 is 17.9. The number of nitrogens with zero attached hydrogens (tertiary/aromatic N) is 1. The van der Waals surface area contributed by atoms with Gasteiger partial charge in [-0.2, -0.15) is 4.39 Å². The van der Waals surface area contributed by atoms with Crippen molar-refractivity contribution in [3.63, 3.8) is 0 Å². The number of hydrogen-bond donors (Lipinski definition) is 3. The van der Waals surface area contributed by atoms with Gasteiger partial charge in [0.1, 0.15) is 17.8 Å². The van der Waals surface area contributed by atoms with Crippen molar-refractivity contribution in [1.82, 2.24) is 10.3 Å². The molecule has 1 aromatic rings. The molecule has 2 atom stereocenters.